The maximum Gasteiger partial charge on any atom is 0.323 e. The summed E-state index contributed by atoms with van der Waals surface area (Å²) in [7, 11) is 0. The van der Waals surface area contributed by atoms with Gasteiger partial charge in [0.2, 0.25) is 5.91 Å². The molecule has 0 bridgehead atoms. The van der Waals surface area contributed by atoms with E-state index in [9.17, 15) is 9.59 Å². The lowest BCUT2D eigenvalue weighted by Gasteiger charge is -2.30. The van der Waals surface area contributed by atoms with Gasteiger partial charge in [0.25, 0.3) is 0 Å². The molecule has 5 heteroatoms. The van der Waals surface area contributed by atoms with Crippen molar-refractivity contribution in [2.45, 2.75) is 19.4 Å². The Morgan fingerprint density at radius 3 is 2.84 bits per heavy atom. The number of nitrogens with one attached hydrogen (secondary N) is 1. The SMILES string of the molecule is CCN(CC(=O)O)C(=O)C1NCCc2ccccc21. The maximum atomic E-state index is 12.4. The first-order chi connectivity index (χ1) is 9.13. The zero-order valence-corrected chi connectivity index (χ0v) is 10.9. The number of carboxylic acid groups (broad SMARTS) is 1. The Bertz CT molecular complexity index is 487. The van der Waals surface area contributed by atoms with Crippen LogP contribution in [0.1, 0.15) is 24.1 Å². The molecule has 0 saturated carbocycles. The second-order valence-electron chi connectivity index (χ2n) is 4.58. The quantitative estimate of drug-likeness (QED) is 0.842. The number of amides is 1. The number of likely N-dealkylation sites (N-methyl/N-ethyl adjacent to an activating group) is 1. The first kappa shape index (κ1) is 13.5. The van der Waals surface area contributed by atoms with Crippen LogP contribution >= 0.6 is 0 Å². The van der Waals surface area contributed by atoms with E-state index in [1.165, 1.54) is 4.90 Å². The molecule has 0 saturated heterocycles. The summed E-state index contributed by atoms with van der Waals surface area (Å²) >= 11 is 0. The topological polar surface area (TPSA) is 69.6 Å². The summed E-state index contributed by atoms with van der Waals surface area (Å²) in [6, 6.07) is 7.38. The van der Waals surface area contributed by atoms with Gasteiger partial charge < -0.3 is 15.3 Å². The number of hydrogen-bond donors (Lipinski definition) is 2. The molecule has 1 amide bonds. The molecule has 1 atom stereocenters. The van der Waals surface area contributed by atoms with Crippen molar-refractivity contribution < 1.29 is 14.7 Å². The fourth-order valence-electron chi connectivity index (χ4n) is 2.42. The second kappa shape index (κ2) is 5.84. The zero-order valence-electron chi connectivity index (χ0n) is 10.9. The van der Waals surface area contributed by atoms with Crippen molar-refractivity contribution in [3.05, 3.63) is 35.4 Å². The molecule has 1 aromatic rings. The number of carbonyl (C=O) groups excluding carboxylic acids is 1. The summed E-state index contributed by atoms with van der Waals surface area (Å²) in [5.74, 6) is -1.16. The third kappa shape index (κ3) is 2.93. The highest BCUT2D eigenvalue weighted by Gasteiger charge is 2.29. The zero-order chi connectivity index (χ0) is 13.8. The van der Waals surface area contributed by atoms with Gasteiger partial charge in [-0.05, 0) is 24.5 Å². The van der Waals surface area contributed by atoms with E-state index < -0.39 is 12.0 Å². The van der Waals surface area contributed by atoms with Crippen LogP contribution in [-0.4, -0.2) is 41.5 Å². The highest BCUT2D eigenvalue weighted by atomic mass is 16.4. The molecule has 1 heterocycles. The number of benzene rings is 1. The Hall–Kier alpha value is -1.88. The van der Waals surface area contributed by atoms with Crippen LogP contribution in [0.3, 0.4) is 0 Å². The van der Waals surface area contributed by atoms with Crippen LogP contribution < -0.4 is 5.32 Å². The van der Waals surface area contributed by atoms with Crippen molar-refractivity contribution >= 4 is 11.9 Å². The lowest BCUT2D eigenvalue weighted by Crippen LogP contribution is -2.45. The Balaban J connectivity index is 2.22. The van der Waals surface area contributed by atoms with Crippen molar-refractivity contribution in [1.82, 2.24) is 10.2 Å². The molecule has 2 N–H and O–H groups in total. The van der Waals surface area contributed by atoms with Crippen molar-refractivity contribution in [3.63, 3.8) is 0 Å². The van der Waals surface area contributed by atoms with Gasteiger partial charge in [-0.1, -0.05) is 24.3 Å². The molecule has 102 valence electrons. The lowest BCUT2D eigenvalue weighted by atomic mass is 9.93. The van der Waals surface area contributed by atoms with E-state index in [0.717, 1.165) is 24.1 Å². The molecule has 1 aliphatic heterocycles. The molecule has 0 aliphatic carbocycles. The summed E-state index contributed by atoms with van der Waals surface area (Å²) in [5.41, 5.74) is 2.12. The van der Waals surface area contributed by atoms with Gasteiger partial charge in [0.1, 0.15) is 12.6 Å². The Kier molecular flexibility index (Phi) is 4.16. The van der Waals surface area contributed by atoms with Gasteiger partial charge in [0.05, 0.1) is 0 Å². The Labute approximate surface area is 112 Å². The van der Waals surface area contributed by atoms with Crippen molar-refractivity contribution in [2.24, 2.45) is 0 Å². The largest absolute Gasteiger partial charge is 0.480 e. The molecule has 0 aromatic heterocycles. The fourth-order valence-corrected chi connectivity index (χ4v) is 2.42. The normalized spacial score (nSPS) is 17.6. The molecule has 0 spiro atoms. The molecule has 0 radical (unpaired) electrons. The van der Waals surface area contributed by atoms with E-state index in [2.05, 4.69) is 5.32 Å². The Morgan fingerprint density at radius 1 is 1.42 bits per heavy atom. The summed E-state index contributed by atoms with van der Waals surface area (Å²) in [6.07, 6.45) is 0.894. The number of hydrogen-bond acceptors (Lipinski definition) is 3. The average molecular weight is 262 g/mol. The van der Waals surface area contributed by atoms with Crippen LogP contribution in [0.2, 0.25) is 0 Å². The molecular weight excluding hydrogens is 244 g/mol. The third-order valence-electron chi connectivity index (χ3n) is 3.38. The second-order valence-corrected chi connectivity index (χ2v) is 4.58. The van der Waals surface area contributed by atoms with Crippen LogP contribution in [0.15, 0.2) is 24.3 Å². The molecule has 2 rings (SSSR count). The standard InChI is InChI=1S/C14H18N2O3/c1-2-16(9-12(17)18)14(19)13-11-6-4-3-5-10(11)7-8-15-13/h3-6,13,15H,2,7-9H2,1H3,(H,17,18). The van der Waals surface area contributed by atoms with Gasteiger partial charge in [-0.2, -0.15) is 0 Å². The highest BCUT2D eigenvalue weighted by molar-refractivity contribution is 5.87. The van der Waals surface area contributed by atoms with Gasteiger partial charge >= 0.3 is 5.97 Å². The summed E-state index contributed by atoms with van der Waals surface area (Å²) in [6.45, 7) is 2.66. The van der Waals surface area contributed by atoms with Crippen LogP contribution in [0.5, 0.6) is 0 Å². The van der Waals surface area contributed by atoms with Gasteiger partial charge in [-0.3, -0.25) is 9.59 Å². The third-order valence-corrected chi connectivity index (χ3v) is 3.38. The van der Waals surface area contributed by atoms with Crippen LogP contribution in [0.25, 0.3) is 0 Å². The van der Waals surface area contributed by atoms with E-state index in [0.29, 0.717) is 6.54 Å². The first-order valence-electron chi connectivity index (χ1n) is 6.45. The van der Waals surface area contributed by atoms with Crippen LogP contribution in [0.4, 0.5) is 0 Å². The number of fused-ring (bicyclic) bond motifs is 1. The first-order valence-corrected chi connectivity index (χ1v) is 6.45. The van der Waals surface area contributed by atoms with Crippen LogP contribution in [-0.2, 0) is 16.0 Å². The fraction of sp³-hybridized carbons (Fsp3) is 0.429. The minimum atomic E-state index is -0.987. The predicted octanol–water partition coefficient (Wildman–Crippen LogP) is 0.806. The summed E-state index contributed by atoms with van der Waals surface area (Å²) in [4.78, 5) is 24.6. The lowest BCUT2D eigenvalue weighted by molar-refractivity contribution is -0.145. The van der Waals surface area contributed by atoms with E-state index in [-0.39, 0.29) is 12.5 Å². The van der Waals surface area contributed by atoms with Crippen molar-refractivity contribution in [1.29, 1.82) is 0 Å². The molecule has 1 aromatic carbocycles. The molecule has 1 aliphatic rings. The summed E-state index contributed by atoms with van der Waals surface area (Å²) < 4.78 is 0. The number of carboxylic acids is 1. The molecule has 5 nitrogen and oxygen atoms in total. The Morgan fingerprint density at radius 2 is 2.16 bits per heavy atom. The van der Waals surface area contributed by atoms with Crippen LogP contribution in [0, 0.1) is 0 Å². The van der Waals surface area contributed by atoms with Gasteiger partial charge in [-0.15, -0.1) is 0 Å². The van der Waals surface area contributed by atoms with E-state index >= 15 is 0 Å². The monoisotopic (exact) mass is 262 g/mol. The smallest absolute Gasteiger partial charge is 0.323 e. The molecule has 19 heavy (non-hydrogen) atoms. The van der Waals surface area contributed by atoms with E-state index in [4.69, 9.17) is 5.11 Å². The highest BCUT2D eigenvalue weighted by Crippen LogP contribution is 2.24. The molecule has 1 unspecified atom stereocenters. The number of rotatable bonds is 4. The maximum absolute atomic E-state index is 12.4. The minimum absolute atomic E-state index is 0.169. The van der Waals surface area contributed by atoms with Crippen molar-refractivity contribution in [3.8, 4) is 0 Å². The minimum Gasteiger partial charge on any atom is -0.480 e. The van der Waals surface area contributed by atoms with Crippen molar-refractivity contribution in [2.75, 3.05) is 19.6 Å². The summed E-state index contributed by atoms with van der Waals surface area (Å²) in [5, 5.41) is 12.0. The van der Waals surface area contributed by atoms with Gasteiger partial charge in [0, 0.05) is 13.1 Å². The average Bonchev–Trinajstić information content (AvgIpc) is 2.43. The number of aliphatic carboxylic acids is 1. The van der Waals surface area contributed by atoms with E-state index in [1.807, 2.05) is 24.3 Å². The van der Waals surface area contributed by atoms with E-state index in [1.54, 1.807) is 6.92 Å². The molecular formula is C14H18N2O3. The number of carbonyl (C=O) groups is 2. The number of nitrogens with zero attached hydrogens (tertiary/aromatic N) is 1. The molecule has 0 fully saturated rings. The predicted molar refractivity (Wildman–Crippen MR) is 70.8 cm³/mol. The van der Waals surface area contributed by atoms with Gasteiger partial charge in [-0.25, -0.2) is 0 Å². The van der Waals surface area contributed by atoms with Gasteiger partial charge in [0.15, 0.2) is 0 Å².